The van der Waals surface area contributed by atoms with E-state index in [1.165, 1.54) is 12.1 Å². The number of nitrogens with zero attached hydrogens (tertiary/aromatic N) is 3. The monoisotopic (exact) mass is 396 g/mol. The van der Waals surface area contributed by atoms with Crippen LogP contribution in [0.15, 0.2) is 41.2 Å². The number of halogens is 1. The minimum Gasteiger partial charge on any atom is -0.360 e. The molecule has 1 aliphatic carbocycles. The fourth-order valence-electron chi connectivity index (χ4n) is 3.85. The maximum absolute atomic E-state index is 13.3. The summed E-state index contributed by atoms with van der Waals surface area (Å²) in [6.45, 7) is 7.09. The first kappa shape index (κ1) is 19.4. The standard InChI is InChI=1S/C22H25FN4O2/c1-22(2,3)15-7-8-19-18(10-15)20(26-29-19)21(28)25-17-11-24-27(13-17)12-14-5-4-6-16(23)9-14/h4-6,9,11,13,15H,7-8,10,12H2,1-3H3,(H,25,28). The van der Waals surface area contributed by atoms with Gasteiger partial charge in [0.05, 0.1) is 18.4 Å². The van der Waals surface area contributed by atoms with Crippen molar-refractivity contribution in [3.63, 3.8) is 0 Å². The van der Waals surface area contributed by atoms with E-state index in [9.17, 15) is 9.18 Å². The fraction of sp³-hybridized carbons (Fsp3) is 0.409. The van der Waals surface area contributed by atoms with Crippen molar-refractivity contribution in [2.75, 3.05) is 5.32 Å². The number of carbonyl (C=O) groups excluding carboxylic acids is 1. The van der Waals surface area contributed by atoms with E-state index in [0.29, 0.717) is 23.8 Å². The van der Waals surface area contributed by atoms with E-state index in [1.54, 1.807) is 23.1 Å². The summed E-state index contributed by atoms with van der Waals surface area (Å²) in [6.07, 6.45) is 5.93. The molecule has 1 atom stereocenters. The van der Waals surface area contributed by atoms with E-state index in [-0.39, 0.29) is 17.1 Å². The van der Waals surface area contributed by atoms with Crippen molar-refractivity contribution in [1.82, 2.24) is 14.9 Å². The lowest BCUT2D eigenvalue weighted by atomic mass is 9.71. The van der Waals surface area contributed by atoms with Crippen LogP contribution in [0.25, 0.3) is 0 Å². The van der Waals surface area contributed by atoms with Crippen LogP contribution in [0.5, 0.6) is 0 Å². The summed E-state index contributed by atoms with van der Waals surface area (Å²) in [5, 5.41) is 11.1. The second-order valence-electron chi connectivity index (χ2n) is 8.75. The largest absolute Gasteiger partial charge is 0.360 e. The minimum atomic E-state index is -0.296. The highest BCUT2D eigenvalue weighted by Gasteiger charge is 2.34. The molecule has 7 heteroatoms. The number of aryl methyl sites for hydroxylation is 1. The van der Waals surface area contributed by atoms with Crippen LogP contribution in [0.1, 0.15) is 54.6 Å². The number of anilines is 1. The molecule has 1 aliphatic rings. The number of rotatable bonds is 4. The molecule has 0 bridgehead atoms. The number of hydrogen-bond acceptors (Lipinski definition) is 4. The molecule has 2 heterocycles. The van der Waals surface area contributed by atoms with Gasteiger partial charge in [0.25, 0.3) is 5.91 Å². The predicted molar refractivity (Wildman–Crippen MR) is 107 cm³/mol. The van der Waals surface area contributed by atoms with Crippen molar-refractivity contribution in [3.8, 4) is 0 Å². The highest BCUT2D eigenvalue weighted by Crippen LogP contribution is 2.38. The van der Waals surface area contributed by atoms with Crippen LogP contribution in [0, 0.1) is 17.2 Å². The summed E-state index contributed by atoms with van der Waals surface area (Å²) in [7, 11) is 0. The van der Waals surface area contributed by atoms with Crippen LogP contribution in [0.2, 0.25) is 0 Å². The molecule has 152 valence electrons. The second kappa shape index (κ2) is 7.46. The average molecular weight is 396 g/mol. The summed E-state index contributed by atoms with van der Waals surface area (Å²) in [4.78, 5) is 12.8. The summed E-state index contributed by atoms with van der Waals surface area (Å²) < 4.78 is 20.4. The van der Waals surface area contributed by atoms with Crippen LogP contribution in [0.3, 0.4) is 0 Å². The van der Waals surface area contributed by atoms with Crippen LogP contribution in [-0.4, -0.2) is 20.8 Å². The van der Waals surface area contributed by atoms with Gasteiger partial charge in [0, 0.05) is 18.2 Å². The Morgan fingerprint density at radius 3 is 2.97 bits per heavy atom. The molecule has 1 aromatic carbocycles. The molecule has 3 aromatic rings. The van der Waals surface area contributed by atoms with E-state index < -0.39 is 0 Å². The summed E-state index contributed by atoms with van der Waals surface area (Å²) in [5.41, 5.74) is 2.80. The molecular formula is C22H25FN4O2. The van der Waals surface area contributed by atoms with Crippen molar-refractivity contribution in [3.05, 3.63) is 65.1 Å². The maximum Gasteiger partial charge on any atom is 0.278 e. The Hall–Kier alpha value is -2.96. The van der Waals surface area contributed by atoms with Crippen molar-refractivity contribution in [1.29, 1.82) is 0 Å². The smallest absolute Gasteiger partial charge is 0.278 e. The molecule has 6 nitrogen and oxygen atoms in total. The lowest BCUT2D eigenvalue weighted by Gasteiger charge is -2.33. The molecule has 0 fully saturated rings. The SMILES string of the molecule is CC(C)(C)C1CCc2onc(C(=O)Nc3cnn(Cc4cccc(F)c4)c3)c2C1. The van der Waals surface area contributed by atoms with Crippen LogP contribution in [0.4, 0.5) is 10.1 Å². The highest BCUT2D eigenvalue weighted by atomic mass is 19.1. The molecule has 1 unspecified atom stereocenters. The van der Waals surface area contributed by atoms with Crippen molar-refractivity contribution in [2.24, 2.45) is 11.3 Å². The van der Waals surface area contributed by atoms with Crippen LogP contribution < -0.4 is 5.32 Å². The first-order chi connectivity index (χ1) is 13.8. The van der Waals surface area contributed by atoms with E-state index in [4.69, 9.17) is 4.52 Å². The normalized spacial score (nSPS) is 16.5. The second-order valence-corrected chi connectivity index (χ2v) is 8.75. The van der Waals surface area contributed by atoms with E-state index in [0.717, 1.165) is 36.1 Å². The number of amides is 1. The first-order valence-corrected chi connectivity index (χ1v) is 9.85. The molecular weight excluding hydrogens is 371 g/mol. The van der Waals surface area contributed by atoms with Crippen molar-refractivity contribution in [2.45, 2.75) is 46.6 Å². The van der Waals surface area contributed by atoms with Gasteiger partial charge in [-0.15, -0.1) is 0 Å². The number of hydrogen-bond donors (Lipinski definition) is 1. The van der Waals surface area contributed by atoms with Gasteiger partial charge in [-0.2, -0.15) is 5.10 Å². The summed E-state index contributed by atoms with van der Waals surface area (Å²) in [6, 6.07) is 6.36. The lowest BCUT2D eigenvalue weighted by molar-refractivity contribution is 0.101. The third-order valence-corrected chi connectivity index (χ3v) is 5.60. The molecule has 0 saturated carbocycles. The number of benzene rings is 1. The van der Waals surface area contributed by atoms with Gasteiger partial charge in [0.1, 0.15) is 11.6 Å². The van der Waals surface area contributed by atoms with Gasteiger partial charge in [0.15, 0.2) is 5.69 Å². The molecule has 0 radical (unpaired) electrons. The Morgan fingerprint density at radius 2 is 2.21 bits per heavy atom. The van der Waals surface area contributed by atoms with Gasteiger partial charge in [-0.3, -0.25) is 9.48 Å². The zero-order chi connectivity index (χ0) is 20.6. The summed E-state index contributed by atoms with van der Waals surface area (Å²) >= 11 is 0. The van der Waals surface area contributed by atoms with Crippen molar-refractivity contribution < 1.29 is 13.7 Å². The zero-order valence-corrected chi connectivity index (χ0v) is 16.9. The van der Waals surface area contributed by atoms with Gasteiger partial charge in [-0.1, -0.05) is 38.1 Å². The Labute approximate surface area is 169 Å². The third kappa shape index (κ3) is 4.23. The van der Waals surface area contributed by atoms with Crippen molar-refractivity contribution >= 4 is 11.6 Å². The highest BCUT2D eigenvalue weighted by molar-refractivity contribution is 6.03. The molecule has 2 aromatic heterocycles. The van der Waals surface area contributed by atoms with E-state index in [1.807, 2.05) is 6.07 Å². The summed E-state index contributed by atoms with van der Waals surface area (Å²) in [5.74, 6) is 0.717. The first-order valence-electron chi connectivity index (χ1n) is 9.85. The third-order valence-electron chi connectivity index (χ3n) is 5.60. The number of carbonyl (C=O) groups is 1. The Bertz CT molecular complexity index is 1030. The van der Waals surface area contributed by atoms with Gasteiger partial charge in [-0.25, -0.2) is 4.39 Å². The molecule has 0 aliphatic heterocycles. The Balaban J connectivity index is 1.46. The molecule has 4 rings (SSSR count). The number of fused-ring (bicyclic) bond motifs is 1. The predicted octanol–water partition coefficient (Wildman–Crippen LogP) is 4.46. The van der Waals surface area contributed by atoms with E-state index in [2.05, 4.69) is 36.3 Å². The average Bonchev–Trinajstić information content (AvgIpc) is 3.27. The van der Waals surface area contributed by atoms with Gasteiger partial charge < -0.3 is 9.84 Å². The molecule has 1 N–H and O–H groups in total. The Kier molecular flexibility index (Phi) is 4.98. The molecule has 29 heavy (non-hydrogen) atoms. The van der Waals surface area contributed by atoms with Gasteiger partial charge in [0.2, 0.25) is 0 Å². The fourth-order valence-corrected chi connectivity index (χ4v) is 3.85. The van der Waals surface area contributed by atoms with Crippen LogP contribution >= 0.6 is 0 Å². The quantitative estimate of drug-likeness (QED) is 0.707. The zero-order valence-electron chi connectivity index (χ0n) is 16.9. The molecule has 0 spiro atoms. The van der Waals surface area contributed by atoms with Gasteiger partial charge in [-0.05, 0) is 41.9 Å². The molecule has 1 amide bonds. The van der Waals surface area contributed by atoms with Gasteiger partial charge >= 0.3 is 0 Å². The minimum absolute atomic E-state index is 0.167. The lowest BCUT2D eigenvalue weighted by Crippen LogP contribution is -2.27. The van der Waals surface area contributed by atoms with E-state index >= 15 is 0 Å². The molecule has 0 saturated heterocycles. The van der Waals surface area contributed by atoms with Crippen LogP contribution in [-0.2, 0) is 19.4 Å². The Morgan fingerprint density at radius 1 is 1.38 bits per heavy atom. The number of aromatic nitrogens is 3. The maximum atomic E-state index is 13.3. The number of nitrogens with one attached hydrogen (secondary N) is 1. The topological polar surface area (TPSA) is 73.0 Å².